The largest absolute Gasteiger partial charge is 1.00 e. The molecule has 54 heavy (non-hydrogen) atoms. The molecule has 0 nitrogen and oxygen atoms in total. The molecule has 0 saturated carbocycles. The van der Waals surface area contributed by atoms with E-state index in [1.807, 2.05) is 0 Å². The molecule has 0 atom stereocenters. The van der Waals surface area contributed by atoms with Crippen LogP contribution in [-0.2, 0) is 32.1 Å². The van der Waals surface area contributed by atoms with Crippen molar-refractivity contribution in [2.24, 2.45) is 0 Å². The molecular weight excluding hydrogens is 822 g/mol. The number of allylic oxidation sites excluding steroid dienone is 4. The van der Waals surface area contributed by atoms with Gasteiger partial charge in [-0.05, 0) is 0 Å². The van der Waals surface area contributed by atoms with E-state index < -0.39 is 21.3 Å². The Morgan fingerprint density at radius 2 is 1.02 bits per heavy atom. The Balaban J connectivity index is 0.00000249. The quantitative estimate of drug-likeness (QED) is 0.167. The Morgan fingerprint density at radius 3 is 1.41 bits per heavy atom. The van der Waals surface area contributed by atoms with Gasteiger partial charge in [0, 0.05) is 0 Å². The summed E-state index contributed by atoms with van der Waals surface area (Å²) in [5.41, 5.74) is 14.2. The van der Waals surface area contributed by atoms with Gasteiger partial charge in [0.05, 0.1) is 0 Å². The minimum Gasteiger partial charge on any atom is -1.00 e. The third-order valence-electron chi connectivity index (χ3n) is 11.3. The molecule has 6 aromatic rings. The van der Waals surface area contributed by atoms with Gasteiger partial charge in [-0.25, -0.2) is 0 Å². The SMILES string of the molecule is Cc1cc2c(cc1C(C)(C)C)-c1cc(C(C)(C)C)c(C)cc1[CH]2[Zr+2]([C]1=CC=CC1)=[C](c1ccc(Cl)c2ccccc12)c1ccc(Cl)c2ccccc12.[Cl-].[Cl-]. The topological polar surface area (TPSA) is 0 Å². The summed E-state index contributed by atoms with van der Waals surface area (Å²) in [5.74, 6) is 0. The fourth-order valence-electron chi connectivity index (χ4n) is 9.03. The number of rotatable bonds is 4. The van der Waals surface area contributed by atoms with Crippen LogP contribution in [0.15, 0.2) is 119 Å². The van der Waals surface area contributed by atoms with Gasteiger partial charge in [-0.3, -0.25) is 0 Å². The first-order valence-electron chi connectivity index (χ1n) is 18.5. The van der Waals surface area contributed by atoms with Gasteiger partial charge in [-0.15, -0.1) is 0 Å². The van der Waals surface area contributed by atoms with Crippen molar-refractivity contribution in [3.05, 3.63) is 173 Å². The molecule has 0 aliphatic heterocycles. The van der Waals surface area contributed by atoms with Crippen molar-refractivity contribution in [2.45, 2.75) is 76.3 Å². The maximum absolute atomic E-state index is 6.97. The zero-order valence-corrected chi connectivity index (χ0v) is 37.7. The molecule has 6 aromatic carbocycles. The van der Waals surface area contributed by atoms with Crippen LogP contribution in [0.5, 0.6) is 0 Å². The molecule has 0 unspecified atom stereocenters. The molecular formula is C49H46Cl4Zr. The summed E-state index contributed by atoms with van der Waals surface area (Å²) in [4.78, 5) is 0. The normalized spacial score (nSPS) is 13.5. The van der Waals surface area contributed by atoms with E-state index in [9.17, 15) is 0 Å². The minimum absolute atomic E-state index is 0. The average molecular weight is 868 g/mol. The first-order valence-corrected chi connectivity index (χ1v) is 23.1. The monoisotopic (exact) mass is 864 g/mol. The Morgan fingerprint density at radius 1 is 0.593 bits per heavy atom. The van der Waals surface area contributed by atoms with Gasteiger partial charge in [0.2, 0.25) is 0 Å². The molecule has 8 rings (SSSR count). The van der Waals surface area contributed by atoms with E-state index in [-0.39, 0.29) is 39.3 Å². The first kappa shape index (κ1) is 40.9. The Bertz CT molecular complexity index is 2400. The van der Waals surface area contributed by atoms with Crippen LogP contribution in [0.2, 0.25) is 10.0 Å². The van der Waals surface area contributed by atoms with Gasteiger partial charge in [0.1, 0.15) is 0 Å². The predicted octanol–water partition coefficient (Wildman–Crippen LogP) is 8.32. The van der Waals surface area contributed by atoms with Crippen molar-refractivity contribution >= 4 is 48.0 Å². The summed E-state index contributed by atoms with van der Waals surface area (Å²) in [6, 6.07) is 36.6. The minimum atomic E-state index is -3.06. The fraction of sp³-hybridized carbons (Fsp3) is 0.245. The summed E-state index contributed by atoms with van der Waals surface area (Å²) in [6.07, 6.45) is 8.13. The summed E-state index contributed by atoms with van der Waals surface area (Å²) in [7, 11) is 0. The van der Waals surface area contributed by atoms with Gasteiger partial charge < -0.3 is 24.8 Å². The maximum Gasteiger partial charge on any atom is -1.00 e. The zero-order chi connectivity index (χ0) is 36.7. The second-order valence-corrected chi connectivity index (χ2v) is 23.9. The van der Waals surface area contributed by atoms with Crippen LogP contribution in [0.1, 0.15) is 96.1 Å². The van der Waals surface area contributed by atoms with E-state index in [4.69, 9.17) is 23.2 Å². The molecule has 0 radical (unpaired) electrons. The van der Waals surface area contributed by atoms with E-state index in [2.05, 4.69) is 171 Å². The number of hydrogen-bond donors (Lipinski definition) is 0. The van der Waals surface area contributed by atoms with Crippen molar-refractivity contribution in [3.63, 3.8) is 0 Å². The second-order valence-electron chi connectivity index (χ2n) is 16.8. The third-order valence-corrected chi connectivity index (χ3v) is 20.1. The van der Waals surface area contributed by atoms with Gasteiger partial charge in [0.15, 0.2) is 0 Å². The fourth-order valence-corrected chi connectivity index (χ4v) is 18.6. The molecule has 274 valence electrons. The standard InChI is InChI=1S/C23H29.C21H12Cl2.C5H5.2ClH.Zr/c1-14-9-16-11-17-10-15(2)21(23(6,7)8)13-19(17)18(16)12-20(14)22(3,4)5;22-20-11-9-14(16-5-1-3-7-18(16)20)13-15-10-12-21(23)19-8-4-2-6-17(15)19;1-2-4-5-3-1;;;/h9-13H,1-8H3;1-12H;1-3H,4H2;2*1H;/q;;;;;+2/p-2. The first-order chi connectivity index (χ1) is 24.7. The smallest absolute Gasteiger partial charge is 1.00 e. The number of halogens is 4. The maximum atomic E-state index is 6.97. The van der Waals surface area contributed by atoms with E-state index >= 15 is 0 Å². The number of fused-ring (bicyclic) bond motifs is 5. The molecule has 0 fully saturated rings. The molecule has 2 aliphatic carbocycles. The van der Waals surface area contributed by atoms with E-state index in [1.165, 1.54) is 69.6 Å². The molecule has 5 heteroatoms. The third kappa shape index (κ3) is 6.97. The molecule has 0 amide bonds. The van der Waals surface area contributed by atoms with Gasteiger partial charge in [0.25, 0.3) is 0 Å². The number of benzene rings is 6. The van der Waals surface area contributed by atoms with Gasteiger partial charge in [-0.2, -0.15) is 0 Å². The summed E-state index contributed by atoms with van der Waals surface area (Å²) >= 11 is 10.9. The van der Waals surface area contributed by atoms with Crippen molar-refractivity contribution in [1.29, 1.82) is 0 Å². The summed E-state index contributed by atoms with van der Waals surface area (Å²) < 4.78 is 3.42. The average Bonchev–Trinajstić information content (AvgIpc) is 3.73. The molecule has 0 aromatic heterocycles. The Kier molecular flexibility index (Phi) is 11.6. The van der Waals surface area contributed by atoms with Crippen molar-refractivity contribution in [3.8, 4) is 11.1 Å². The van der Waals surface area contributed by atoms with E-state index in [0.717, 1.165) is 27.2 Å². The van der Waals surface area contributed by atoms with Gasteiger partial charge >= 0.3 is 330 Å². The van der Waals surface area contributed by atoms with Crippen LogP contribution >= 0.6 is 23.2 Å². The summed E-state index contributed by atoms with van der Waals surface area (Å²) in [5, 5.41) is 6.21. The zero-order valence-electron chi connectivity index (χ0n) is 32.3. The van der Waals surface area contributed by atoms with E-state index in [1.54, 1.807) is 3.28 Å². The van der Waals surface area contributed by atoms with Crippen molar-refractivity contribution < 1.29 is 46.1 Å². The van der Waals surface area contributed by atoms with Crippen molar-refractivity contribution in [1.82, 2.24) is 0 Å². The van der Waals surface area contributed by atoms with Crippen LogP contribution in [0, 0.1) is 13.8 Å². The van der Waals surface area contributed by atoms with E-state index in [0.29, 0.717) is 0 Å². The van der Waals surface area contributed by atoms with Gasteiger partial charge in [-0.1, -0.05) is 0 Å². The Labute approximate surface area is 351 Å². The molecule has 0 saturated heterocycles. The Hall–Kier alpha value is -2.77. The molecule has 0 heterocycles. The summed E-state index contributed by atoms with van der Waals surface area (Å²) in [6.45, 7) is 18.8. The van der Waals surface area contributed by atoms with Crippen molar-refractivity contribution in [2.75, 3.05) is 0 Å². The van der Waals surface area contributed by atoms with Crippen LogP contribution in [0.3, 0.4) is 0 Å². The molecule has 0 bridgehead atoms. The van der Waals surface area contributed by atoms with Crippen LogP contribution in [0.25, 0.3) is 32.7 Å². The van der Waals surface area contributed by atoms with Crippen LogP contribution < -0.4 is 24.8 Å². The number of hydrogen-bond acceptors (Lipinski definition) is 0. The molecule has 0 spiro atoms. The number of aryl methyl sites for hydroxylation is 2. The van der Waals surface area contributed by atoms with Crippen LogP contribution in [-0.4, -0.2) is 3.21 Å². The molecule has 0 N–H and O–H groups in total. The van der Waals surface area contributed by atoms with Crippen LogP contribution in [0.4, 0.5) is 0 Å². The predicted molar refractivity (Wildman–Crippen MR) is 224 cm³/mol. The molecule has 2 aliphatic rings. The second kappa shape index (κ2) is 15.3.